The quantitative estimate of drug-likeness (QED) is 0.689. The van der Waals surface area contributed by atoms with Gasteiger partial charge in [-0.05, 0) is 32.1 Å². The molecule has 1 aromatic rings. The highest BCUT2D eigenvalue weighted by Gasteiger charge is 2.14. The number of rotatable bonds is 8. The van der Waals surface area contributed by atoms with Crippen LogP contribution >= 0.6 is 11.6 Å². The largest absolute Gasteiger partial charge is 0.308 e. The molecule has 4 heteroatoms. The number of carbonyl (C=O) groups excluding carboxylic acids is 1. The van der Waals surface area contributed by atoms with Gasteiger partial charge in [0.05, 0.1) is 6.54 Å². The number of benzene rings is 1. The third kappa shape index (κ3) is 6.51. The number of halogens is 1. The molecule has 0 aliphatic rings. The zero-order valence-electron chi connectivity index (χ0n) is 12.9. The van der Waals surface area contributed by atoms with E-state index in [1.54, 1.807) is 12.1 Å². The third-order valence-electron chi connectivity index (χ3n) is 3.00. The van der Waals surface area contributed by atoms with Gasteiger partial charge in [0.15, 0.2) is 5.78 Å². The smallest absolute Gasteiger partial charge is 0.176 e. The van der Waals surface area contributed by atoms with Crippen molar-refractivity contribution >= 4 is 17.4 Å². The molecular weight excluding hydrogens is 272 g/mol. The van der Waals surface area contributed by atoms with Gasteiger partial charge in [0, 0.05) is 30.2 Å². The van der Waals surface area contributed by atoms with E-state index in [9.17, 15) is 4.79 Å². The molecule has 0 fully saturated rings. The summed E-state index contributed by atoms with van der Waals surface area (Å²) in [5, 5.41) is 0.611. The first-order valence-electron chi connectivity index (χ1n) is 7.04. The highest BCUT2D eigenvalue weighted by atomic mass is 35.5. The van der Waals surface area contributed by atoms with Gasteiger partial charge in [0.25, 0.3) is 0 Å². The first kappa shape index (κ1) is 17.2. The summed E-state index contributed by atoms with van der Waals surface area (Å²) in [6.07, 6.45) is 0. The number of likely N-dealkylation sites (N-methyl/N-ethyl adjacent to an activating group) is 1. The second-order valence-electron chi connectivity index (χ2n) is 5.87. The van der Waals surface area contributed by atoms with Gasteiger partial charge < -0.3 is 4.90 Å². The molecule has 0 radical (unpaired) electrons. The SMILES string of the molecule is CC(C)CN(CCN(C)C)CC(=O)c1cccc(Cl)c1. The van der Waals surface area contributed by atoms with Crippen LogP contribution in [0.5, 0.6) is 0 Å². The molecule has 0 amide bonds. The topological polar surface area (TPSA) is 23.6 Å². The van der Waals surface area contributed by atoms with Crippen LogP contribution in [0.3, 0.4) is 0 Å². The van der Waals surface area contributed by atoms with Gasteiger partial charge in [0.2, 0.25) is 0 Å². The van der Waals surface area contributed by atoms with Gasteiger partial charge in [-0.3, -0.25) is 9.69 Å². The van der Waals surface area contributed by atoms with E-state index in [1.165, 1.54) is 0 Å². The Morgan fingerprint density at radius 3 is 2.50 bits per heavy atom. The summed E-state index contributed by atoms with van der Waals surface area (Å²) >= 11 is 5.94. The Bertz CT molecular complexity index is 432. The van der Waals surface area contributed by atoms with Crippen LogP contribution in [0, 0.1) is 5.92 Å². The van der Waals surface area contributed by atoms with Crippen molar-refractivity contribution < 1.29 is 4.79 Å². The lowest BCUT2D eigenvalue weighted by Crippen LogP contribution is -2.37. The lowest BCUT2D eigenvalue weighted by molar-refractivity contribution is 0.0916. The highest BCUT2D eigenvalue weighted by Crippen LogP contribution is 2.12. The molecule has 112 valence electrons. The first-order valence-corrected chi connectivity index (χ1v) is 7.42. The van der Waals surface area contributed by atoms with Crippen molar-refractivity contribution in [2.75, 3.05) is 40.3 Å². The predicted molar refractivity (Wildman–Crippen MR) is 85.6 cm³/mol. The normalized spacial score (nSPS) is 11.6. The molecule has 0 heterocycles. The number of nitrogens with zero attached hydrogens (tertiary/aromatic N) is 2. The minimum atomic E-state index is 0.131. The van der Waals surface area contributed by atoms with Crippen LogP contribution in [0.4, 0.5) is 0 Å². The maximum absolute atomic E-state index is 12.3. The molecule has 0 N–H and O–H groups in total. The summed E-state index contributed by atoms with van der Waals surface area (Å²) in [5.74, 6) is 0.677. The van der Waals surface area contributed by atoms with E-state index in [0.29, 0.717) is 23.0 Å². The predicted octanol–water partition coefficient (Wildman–Crippen LogP) is 3.04. The van der Waals surface area contributed by atoms with Gasteiger partial charge >= 0.3 is 0 Å². The molecule has 1 aromatic carbocycles. The van der Waals surface area contributed by atoms with Crippen molar-refractivity contribution in [1.82, 2.24) is 9.80 Å². The molecule has 0 aliphatic heterocycles. The molecule has 0 bridgehead atoms. The van der Waals surface area contributed by atoms with Crippen LogP contribution in [0.1, 0.15) is 24.2 Å². The fourth-order valence-electron chi connectivity index (χ4n) is 2.05. The maximum atomic E-state index is 12.3. The summed E-state index contributed by atoms with van der Waals surface area (Å²) in [6.45, 7) is 7.58. The number of Topliss-reactive ketones (excluding diaryl/α,β-unsaturated/α-hetero) is 1. The van der Waals surface area contributed by atoms with E-state index < -0.39 is 0 Å². The molecule has 20 heavy (non-hydrogen) atoms. The van der Waals surface area contributed by atoms with E-state index in [0.717, 1.165) is 19.6 Å². The van der Waals surface area contributed by atoms with E-state index in [-0.39, 0.29) is 5.78 Å². The summed E-state index contributed by atoms with van der Waals surface area (Å²) in [4.78, 5) is 16.7. The number of hydrogen-bond acceptors (Lipinski definition) is 3. The van der Waals surface area contributed by atoms with Crippen molar-refractivity contribution in [3.63, 3.8) is 0 Å². The average Bonchev–Trinajstić information content (AvgIpc) is 2.35. The van der Waals surface area contributed by atoms with Crippen molar-refractivity contribution in [3.05, 3.63) is 34.9 Å². The van der Waals surface area contributed by atoms with E-state index in [2.05, 4.69) is 23.6 Å². The van der Waals surface area contributed by atoms with Crippen molar-refractivity contribution in [1.29, 1.82) is 0 Å². The Hall–Kier alpha value is -0.900. The fraction of sp³-hybridized carbons (Fsp3) is 0.562. The molecular formula is C16H25ClN2O. The van der Waals surface area contributed by atoms with Crippen LogP contribution in [0.25, 0.3) is 0 Å². The van der Waals surface area contributed by atoms with Crippen LogP contribution in [0.15, 0.2) is 24.3 Å². The van der Waals surface area contributed by atoms with Gasteiger partial charge in [-0.2, -0.15) is 0 Å². The minimum Gasteiger partial charge on any atom is -0.308 e. The monoisotopic (exact) mass is 296 g/mol. The average molecular weight is 297 g/mol. The second kappa shape index (κ2) is 8.40. The summed E-state index contributed by atoms with van der Waals surface area (Å²) in [6, 6.07) is 7.18. The summed E-state index contributed by atoms with van der Waals surface area (Å²) < 4.78 is 0. The Morgan fingerprint density at radius 2 is 1.95 bits per heavy atom. The zero-order chi connectivity index (χ0) is 15.1. The van der Waals surface area contributed by atoms with Crippen LogP contribution < -0.4 is 0 Å². The van der Waals surface area contributed by atoms with E-state index in [1.807, 2.05) is 26.2 Å². The molecule has 0 spiro atoms. The van der Waals surface area contributed by atoms with Gasteiger partial charge in [0.1, 0.15) is 0 Å². The standard InChI is InChI=1S/C16H25ClN2O/c1-13(2)11-19(9-8-18(3)4)12-16(20)14-6-5-7-15(17)10-14/h5-7,10,13H,8-9,11-12H2,1-4H3. The summed E-state index contributed by atoms with van der Waals surface area (Å²) in [7, 11) is 4.10. The minimum absolute atomic E-state index is 0.131. The van der Waals surface area contributed by atoms with Crippen LogP contribution in [-0.4, -0.2) is 55.9 Å². The molecule has 0 aromatic heterocycles. The second-order valence-corrected chi connectivity index (χ2v) is 6.30. The van der Waals surface area contributed by atoms with E-state index >= 15 is 0 Å². The Labute approximate surface area is 127 Å². The maximum Gasteiger partial charge on any atom is 0.176 e. The molecule has 0 unspecified atom stereocenters. The molecule has 0 aliphatic carbocycles. The molecule has 0 saturated carbocycles. The van der Waals surface area contributed by atoms with Crippen LogP contribution in [0.2, 0.25) is 5.02 Å². The zero-order valence-corrected chi connectivity index (χ0v) is 13.7. The van der Waals surface area contributed by atoms with Crippen molar-refractivity contribution in [3.8, 4) is 0 Å². The molecule has 0 atom stereocenters. The lowest BCUT2D eigenvalue weighted by Gasteiger charge is -2.25. The fourth-order valence-corrected chi connectivity index (χ4v) is 2.24. The Kier molecular flexibility index (Phi) is 7.20. The highest BCUT2D eigenvalue weighted by molar-refractivity contribution is 6.31. The van der Waals surface area contributed by atoms with Crippen LogP contribution in [-0.2, 0) is 0 Å². The van der Waals surface area contributed by atoms with Crippen molar-refractivity contribution in [2.45, 2.75) is 13.8 Å². The number of carbonyl (C=O) groups is 1. The first-order chi connectivity index (χ1) is 9.38. The van der Waals surface area contributed by atoms with E-state index in [4.69, 9.17) is 11.6 Å². The number of hydrogen-bond donors (Lipinski definition) is 0. The van der Waals surface area contributed by atoms with Gasteiger partial charge in [-0.15, -0.1) is 0 Å². The van der Waals surface area contributed by atoms with Gasteiger partial charge in [-0.1, -0.05) is 37.6 Å². The molecule has 1 rings (SSSR count). The molecule has 0 saturated heterocycles. The Morgan fingerprint density at radius 1 is 1.25 bits per heavy atom. The van der Waals surface area contributed by atoms with Crippen molar-refractivity contribution in [2.24, 2.45) is 5.92 Å². The number of ketones is 1. The third-order valence-corrected chi connectivity index (χ3v) is 3.24. The Balaban J connectivity index is 2.65. The summed E-state index contributed by atoms with van der Waals surface area (Å²) in [5.41, 5.74) is 0.691. The van der Waals surface area contributed by atoms with Gasteiger partial charge in [-0.25, -0.2) is 0 Å². The lowest BCUT2D eigenvalue weighted by atomic mass is 10.1. The molecule has 3 nitrogen and oxygen atoms in total.